The molecule has 0 aliphatic heterocycles. The zero-order chi connectivity index (χ0) is 52.2. The molecule has 0 aromatic carbocycles. The molecular formula is C66H120O6. The van der Waals surface area contributed by atoms with Crippen molar-refractivity contribution in [3.8, 4) is 0 Å². The van der Waals surface area contributed by atoms with E-state index in [1.807, 2.05) is 0 Å². The summed E-state index contributed by atoms with van der Waals surface area (Å²) in [4.78, 5) is 38.0. The van der Waals surface area contributed by atoms with E-state index in [1.54, 1.807) is 0 Å². The van der Waals surface area contributed by atoms with Crippen LogP contribution in [0.2, 0.25) is 0 Å². The third-order valence-corrected chi connectivity index (χ3v) is 14.1. The predicted molar refractivity (Wildman–Crippen MR) is 312 cm³/mol. The molecule has 0 rings (SSSR count). The second-order valence-corrected chi connectivity index (χ2v) is 21.3. The quantitative estimate of drug-likeness (QED) is 0.0261. The highest BCUT2D eigenvalue weighted by Crippen LogP contribution is 2.17. The Morgan fingerprint density at radius 1 is 0.278 bits per heavy atom. The largest absolute Gasteiger partial charge is 0.462 e. The summed E-state index contributed by atoms with van der Waals surface area (Å²) in [5.41, 5.74) is 0. The van der Waals surface area contributed by atoms with Gasteiger partial charge in [0.05, 0.1) is 0 Å². The van der Waals surface area contributed by atoms with Gasteiger partial charge in [0.1, 0.15) is 13.2 Å². The summed E-state index contributed by atoms with van der Waals surface area (Å²) in [5.74, 6) is -0.870. The van der Waals surface area contributed by atoms with Crippen molar-refractivity contribution in [1.82, 2.24) is 0 Å². The molecule has 0 fully saturated rings. The lowest BCUT2D eigenvalue weighted by Crippen LogP contribution is -2.30. The van der Waals surface area contributed by atoms with Crippen molar-refractivity contribution in [3.63, 3.8) is 0 Å². The molecule has 1 atom stereocenters. The fourth-order valence-corrected chi connectivity index (χ4v) is 9.27. The molecule has 420 valence electrons. The maximum absolute atomic E-state index is 12.8. The van der Waals surface area contributed by atoms with Gasteiger partial charge in [-0.2, -0.15) is 0 Å². The van der Waals surface area contributed by atoms with Crippen molar-refractivity contribution in [2.75, 3.05) is 13.2 Å². The smallest absolute Gasteiger partial charge is 0.306 e. The first kappa shape index (κ1) is 69.4. The Kier molecular flexibility index (Phi) is 58.7. The minimum Gasteiger partial charge on any atom is -0.462 e. The van der Waals surface area contributed by atoms with Gasteiger partial charge in [0.15, 0.2) is 6.10 Å². The molecule has 72 heavy (non-hydrogen) atoms. The monoisotopic (exact) mass is 1010 g/mol. The maximum Gasteiger partial charge on any atom is 0.306 e. The fourth-order valence-electron chi connectivity index (χ4n) is 9.27. The van der Waals surface area contributed by atoms with E-state index < -0.39 is 6.10 Å². The number of carbonyl (C=O) groups is 3. The first-order chi connectivity index (χ1) is 35.5. The number of hydrogen-bond acceptors (Lipinski definition) is 6. The van der Waals surface area contributed by atoms with Crippen LogP contribution in [0.15, 0.2) is 48.6 Å². The number of ether oxygens (including phenoxy) is 3. The van der Waals surface area contributed by atoms with Gasteiger partial charge >= 0.3 is 17.9 Å². The SMILES string of the molecule is CCCCCCC/C=C\C/C=C\C/C=C\CCCCCCCCCCCCCCC(=O)OCC(COC(=O)CCCCCCCC)OC(=O)CCCCCCCCCCC/C=C\CCCCCCCCCC. The average Bonchev–Trinajstić information content (AvgIpc) is 3.38. The van der Waals surface area contributed by atoms with Gasteiger partial charge in [0.25, 0.3) is 0 Å². The molecule has 0 aromatic heterocycles. The molecule has 6 nitrogen and oxygen atoms in total. The van der Waals surface area contributed by atoms with Crippen molar-refractivity contribution in [2.24, 2.45) is 0 Å². The lowest BCUT2D eigenvalue weighted by molar-refractivity contribution is -0.167. The summed E-state index contributed by atoms with van der Waals surface area (Å²) in [7, 11) is 0. The van der Waals surface area contributed by atoms with Gasteiger partial charge in [-0.15, -0.1) is 0 Å². The van der Waals surface area contributed by atoms with Gasteiger partial charge in [-0.3, -0.25) is 14.4 Å². The minimum absolute atomic E-state index is 0.0722. The summed E-state index contributed by atoms with van der Waals surface area (Å²) >= 11 is 0. The number of carbonyl (C=O) groups excluding carboxylic acids is 3. The van der Waals surface area contributed by atoms with E-state index in [-0.39, 0.29) is 31.1 Å². The Balaban J connectivity index is 4.07. The highest BCUT2D eigenvalue weighted by atomic mass is 16.6. The number of rotatable bonds is 58. The molecule has 0 saturated carbocycles. The van der Waals surface area contributed by atoms with E-state index in [1.165, 1.54) is 225 Å². The number of esters is 3. The number of allylic oxidation sites excluding steroid dienone is 8. The minimum atomic E-state index is -0.771. The Morgan fingerprint density at radius 2 is 0.500 bits per heavy atom. The van der Waals surface area contributed by atoms with Gasteiger partial charge in [-0.05, 0) is 83.5 Å². The standard InChI is InChI=1S/C66H120O6/c1-4-7-10-13-16-18-20-22-24-26-28-30-31-32-33-34-35-37-38-40-42-44-46-48-50-53-56-59-65(68)71-62-63(61-70-64(67)58-55-52-15-12-9-6-3)72-66(69)60-57-54-51-49-47-45-43-41-39-36-29-27-25-23-21-19-17-14-11-8-5-2/h20,22,26-29,31-32,63H,4-19,21,23-25,30,33-62H2,1-3H3/b22-20-,28-26-,29-27-,32-31-. The van der Waals surface area contributed by atoms with Crippen molar-refractivity contribution in [3.05, 3.63) is 48.6 Å². The molecule has 6 heteroatoms. The van der Waals surface area contributed by atoms with Crippen LogP contribution in [0.25, 0.3) is 0 Å². The molecule has 0 bridgehead atoms. The molecule has 0 N–H and O–H groups in total. The van der Waals surface area contributed by atoms with E-state index in [9.17, 15) is 14.4 Å². The van der Waals surface area contributed by atoms with Crippen LogP contribution in [0.5, 0.6) is 0 Å². The summed E-state index contributed by atoms with van der Waals surface area (Å²) < 4.78 is 16.8. The Bertz CT molecular complexity index is 1250. The van der Waals surface area contributed by atoms with Crippen molar-refractivity contribution < 1.29 is 28.6 Å². The van der Waals surface area contributed by atoms with E-state index in [4.69, 9.17) is 14.2 Å². The van der Waals surface area contributed by atoms with E-state index in [2.05, 4.69) is 69.4 Å². The number of unbranched alkanes of at least 4 members (excludes halogenated alkanes) is 39. The van der Waals surface area contributed by atoms with Crippen molar-refractivity contribution in [1.29, 1.82) is 0 Å². The Labute approximate surface area is 448 Å². The summed E-state index contributed by atoms with van der Waals surface area (Å²) in [6.07, 6.45) is 75.8. The predicted octanol–water partition coefficient (Wildman–Crippen LogP) is 21.4. The van der Waals surface area contributed by atoms with Crippen LogP contribution in [0, 0.1) is 0 Å². The highest BCUT2D eigenvalue weighted by Gasteiger charge is 2.19. The lowest BCUT2D eigenvalue weighted by Gasteiger charge is -2.18. The van der Waals surface area contributed by atoms with Crippen LogP contribution in [0.3, 0.4) is 0 Å². The van der Waals surface area contributed by atoms with Crippen LogP contribution in [0.4, 0.5) is 0 Å². The molecule has 1 unspecified atom stereocenters. The first-order valence-corrected chi connectivity index (χ1v) is 31.6. The molecular weight excluding hydrogens is 889 g/mol. The zero-order valence-electron chi connectivity index (χ0n) is 48.2. The van der Waals surface area contributed by atoms with Gasteiger partial charge in [0.2, 0.25) is 0 Å². The molecule has 0 heterocycles. The van der Waals surface area contributed by atoms with E-state index >= 15 is 0 Å². The normalized spacial score (nSPS) is 12.3. The topological polar surface area (TPSA) is 78.9 Å². The van der Waals surface area contributed by atoms with Crippen LogP contribution < -0.4 is 0 Å². The first-order valence-electron chi connectivity index (χ1n) is 31.6. The molecule has 0 amide bonds. The summed E-state index contributed by atoms with van der Waals surface area (Å²) in [6.45, 7) is 6.61. The van der Waals surface area contributed by atoms with Crippen LogP contribution >= 0.6 is 0 Å². The van der Waals surface area contributed by atoms with Crippen molar-refractivity contribution in [2.45, 2.75) is 341 Å². The second-order valence-electron chi connectivity index (χ2n) is 21.3. The average molecular weight is 1010 g/mol. The van der Waals surface area contributed by atoms with Crippen LogP contribution in [-0.2, 0) is 28.6 Å². The summed E-state index contributed by atoms with van der Waals surface area (Å²) in [6, 6.07) is 0. The fraction of sp³-hybridized carbons (Fsp3) is 0.833. The molecule has 0 saturated heterocycles. The second kappa shape index (κ2) is 60.9. The maximum atomic E-state index is 12.8. The molecule has 0 aromatic rings. The van der Waals surface area contributed by atoms with Crippen molar-refractivity contribution >= 4 is 17.9 Å². The van der Waals surface area contributed by atoms with E-state index in [0.717, 1.165) is 70.6 Å². The third kappa shape index (κ3) is 58.3. The molecule has 0 aliphatic rings. The molecule has 0 spiro atoms. The Morgan fingerprint density at radius 3 is 0.792 bits per heavy atom. The molecule has 0 aliphatic carbocycles. The zero-order valence-corrected chi connectivity index (χ0v) is 48.2. The van der Waals surface area contributed by atoms with Gasteiger partial charge < -0.3 is 14.2 Å². The van der Waals surface area contributed by atoms with Crippen LogP contribution in [-0.4, -0.2) is 37.2 Å². The highest BCUT2D eigenvalue weighted by molar-refractivity contribution is 5.71. The Hall–Kier alpha value is -2.63. The lowest BCUT2D eigenvalue weighted by atomic mass is 10.0. The van der Waals surface area contributed by atoms with E-state index in [0.29, 0.717) is 19.3 Å². The van der Waals surface area contributed by atoms with Crippen LogP contribution in [0.1, 0.15) is 335 Å². The number of hydrogen-bond donors (Lipinski definition) is 0. The molecule has 0 radical (unpaired) electrons. The summed E-state index contributed by atoms with van der Waals surface area (Å²) in [5, 5.41) is 0. The van der Waals surface area contributed by atoms with Gasteiger partial charge in [-0.25, -0.2) is 0 Å². The van der Waals surface area contributed by atoms with Gasteiger partial charge in [0, 0.05) is 19.3 Å². The van der Waals surface area contributed by atoms with Gasteiger partial charge in [-0.1, -0.05) is 281 Å². The third-order valence-electron chi connectivity index (χ3n) is 14.1.